The average molecular weight is 359 g/mol. The van der Waals surface area contributed by atoms with Gasteiger partial charge in [-0.3, -0.25) is 0 Å². The summed E-state index contributed by atoms with van der Waals surface area (Å²) in [5.41, 5.74) is 4.00. The molecule has 1 aromatic rings. The van der Waals surface area contributed by atoms with Gasteiger partial charge in [0.1, 0.15) is 17.1 Å². The highest BCUT2D eigenvalue weighted by molar-refractivity contribution is 6.70. The molecule has 1 aliphatic carbocycles. The van der Waals surface area contributed by atoms with Gasteiger partial charge in [-0.05, 0) is 77.4 Å². The zero-order valence-electron chi connectivity index (χ0n) is 17.0. The standard InChI is InChI=1S/C22H34O2Si/c1-8-9-16-13-19-21(20(14-16)24-25(5,6)7)17-12-15(2)10-11-18(17)22(3,4)23-19/h12-14,17-18H,8-11H2,1-7H3/t17?,18-/m0/s1. The molecule has 2 atom stereocenters. The molecule has 1 aromatic carbocycles. The minimum absolute atomic E-state index is 0.129. The highest BCUT2D eigenvalue weighted by Gasteiger charge is 2.45. The minimum Gasteiger partial charge on any atom is -0.544 e. The molecule has 138 valence electrons. The third-order valence-electron chi connectivity index (χ3n) is 5.47. The van der Waals surface area contributed by atoms with E-state index in [1.54, 1.807) is 0 Å². The molecule has 0 bridgehead atoms. The van der Waals surface area contributed by atoms with Crippen molar-refractivity contribution in [1.82, 2.24) is 0 Å². The lowest BCUT2D eigenvalue weighted by atomic mass is 9.68. The summed E-state index contributed by atoms with van der Waals surface area (Å²) in [7, 11) is -1.69. The topological polar surface area (TPSA) is 18.5 Å². The van der Waals surface area contributed by atoms with Gasteiger partial charge in [0.05, 0.1) is 0 Å². The van der Waals surface area contributed by atoms with Crippen molar-refractivity contribution in [3.63, 3.8) is 0 Å². The molecule has 1 unspecified atom stereocenters. The van der Waals surface area contributed by atoms with E-state index in [9.17, 15) is 0 Å². The Morgan fingerprint density at radius 1 is 1.24 bits per heavy atom. The fourth-order valence-electron chi connectivity index (χ4n) is 4.41. The Morgan fingerprint density at radius 2 is 1.96 bits per heavy atom. The predicted octanol–water partition coefficient (Wildman–Crippen LogP) is 6.46. The van der Waals surface area contributed by atoms with Crippen molar-refractivity contribution >= 4 is 8.32 Å². The molecule has 3 heteroatoms. The van der Waals surface area contributed by atoms with Crippen molar-refractivity contribution in [1.29, 1.82) is 0 Å². The summed E-state index contributed by atoms with van der Waals surface area (Å²) in [5.74, 6) is 3.06. The number of allylic oxidation sites excluding steroid dienone is 2. The van der Waals surface area contributed by atoms with Crippen LogP contribution in [0.25, 0.3) is 0 Å². The lowest BCUT2D eigenvalue weighted by Crippen LogP contribution is -2.45. The number of fused-ring (bicyclic) bond motifs is 3. The zero-order chi connectivity index (χ0) is 18.4. The van der Waals surface area contributed by atoms with Gasteiger partial charge in [-0.25, -0.2) is 0 Å². The smallest absolute Gasteiger partial charge is 0.242 e. The number of benzene rings is 1. The highest BCUT2D eigenvalue weighted by Crippen LogP contribution is 2.54. The molecule has 25 heavy (non-hydrogen) atoms. The summed E-state index contributed by atoms with van der Waals surface area (Å²) in [5, 5.41) is 0. The molecule has 0 saturated carbocycles. The monoisotopic (exact) mass is 358 g/mol. The normalized spacial score (nSPS) is 24.7. The van der Waals surface area contributed by atoms with Gasteiger partial charge >= 0.3 is 0 Å². The summed E-state index contributed by atoms with van der Waals surface area (Å²) in [6, 6.07) is 4.56. The quantitative estimate of drug-likeness (QED) is 0.454. The van der Waals surface area contributed by atoms with Crippen molar-refractivity contribution < 1.29 is 9.16 Å². The molecule has 0 saturated heterocycles. The first-order chi connectivity index (χ1) is 11.6. The zero-order valence-corrected chi connectivity index (χ0v) is 18.0. The molecule has 0 N–H and O–H groups in total. The predicted molar refractivity (Wildman–Crippen MR) is 108 cm³/mol. The van der Waals surface area contributed by atoms with E-state index in [4.69, 9.17) is 9.16 Å². The van der Waals surface area contributed by atoms with Gasteiger partial charge in [-0.15, -0.1) is 0 Å². The summed E-state index contributed by atoms with van der Waals surface area (Å²) in [6.07, 6.45) is 7.07. The average Bonchev–Trinajstić information content (AvgIpc) is 2.44. The largest absolute Gasteiger partial charge is 0.544 e. The molecule has 0 aromatic heterocycles. The molecule has 0 amide bonds. The van der Waals surface area contributed by atoms with Gasteiger partial charge in [0, 0.05) is 17.4 Å². The summed E-state index contributed by atoms with van der Waals surface area (Å²) in [6.45, 7) is 15.8. The lowest BCUT2D eigenvalue weighted by Gasteiger charge is -2.47. The van der Waals surface area contributed by atoms with E-state index >= 15 is 0 Å². The highest BCUT2D eigenvalue weighted by atomic mass is 28.4. The maximum absolute atomic E-state index is 6.57. The lowest BCUT2D eigenvalue weighted by molar-refractivity contribution is 0.0110. The number of ether oxygens (including phenoxy) is 1. The number of hydrogen-bond acceptors (Lipinski definition) is 2. The number of hydrogen-bond donors (Lipinski definition) is 0. The van der Waals surface area contributed by atoms with Crippen LogP contribution >= 0.6 is 0 Å². The molecule has 0 spiro atoms. The summed E-state index contributed by atoms with van der Waals surface area (Å²) < 4.78 is 13.1. The van der Waals surface area contributed by atoms with Crippen molar-refractivity contribution in [2.45, 2.75) is 84.5 Å². The van der Waals surface area contributed by atoms with Crippen LogP contribution in [0.5, 0.6) is 11.5 Å². The number of aryl methyl sites for hydroxylation is 1. The third kappa shape index (κ3) is 3.81. The maximum Gasteiger partial charge on any atom is 0.242 e. The second-order valence-electron chi connectivity index (χ2n) is 9.36. The molecular formula is C22H34O2Si. The van der Waals surface area contributed by atoms with Crippen molar-refractivity contribution in [2.24, 2.45) is 5.92 Å². The molecule has 0 radical (unpaired) electrons. The number of rotatable bonds is 4. The van der Waals surface area contributed by atoms with Crippen LogP contribution in [0.2, 0.25) is 19.6 Å². The van der Waals surface area contributed by atoms with Crippen LogP contribution in [0.3, 0.4) is 0 Å². The van der Waals surface area contributed by atoms with E-state index < -0.39 is 8.32 Å². The van der Waals surface area contributed by atoms with Gasteiger partial charge in [-0.2, -0.15) is 0 Å². The fraction of sp³-hybridized carbons (Fsp3) is 0.636. The van der Waals surface area contributed by atoms with Gasteiger partial charge in [0.2, 0.25) is 8.32 Å². The maximum atomic E-state index is 6.57. The van der Waals surface area contributed by atoms with Crippen molar-refractivity contribution in [3.8, 4) is 11.5 Å². The van der Waals surface area contributed by atoms with E-state index in [1.165, 1.54) is 29.5 Å². The van der Waals surface area contributed by atoms with Gasteiger partial charge < -0.3 is 9.16 Å². The SMILES string of the molecule is CCCc1cc2c(c(O[Si](C)(C)C)c1)C1C=C(C)CC[C@@H]1C(C)(C)O2. The molecule has 0 fully saturated rings. The van der Waals surface area contributed by atoms with Crippen LogP contribution in [0.15, 0.2) is 23.8 Å². The van der Waals surface area contributed by atoms with E-state index in [2.05, 4.69) is 65.5 Å². The van der Waals surface area contributed by atoms with Crippen LogP contribution in [-0.2, 0) is 6.42 Å². The van der Waals surface area contributed by atoms with Crippen LogP contribution in [-0.4, -0.2) is 13.9 Å². The molecule has 3 rings (SSSR count). The van der Waals surface area contributed by atoms with Crippen molar-refractivity contribution in [3.05, 3.63) is 34.9 Å². The van der Waals surface area contributed by atoms with Crippen LogP contribution in [0.4, 0.5) is 0 Å². The Morgan fingerprint density at radius 3 is 2.60 bits per heavy atom. The molecule has 2 nitrogen and oxygen atoms in total. The Labute approximate surface area is 154 Å². The summed E-state index contributed by atoms with van der Waals surface area (Å²) in [4.78, 5) is 0. The van der Waals surface area contributed by atoms with Crippen LogP contribution < -0.4 is 9.16 Å². The second-order valence-corrected chi connectivity index (χ2v) is 13.8. The van der Waals surface area contributed by atoms with Gasteiger partial charge in [0.15, 0.2) is 0 Å². The van der Waals surface area contributed by atoms with Crippen LogP contribution in [0.1, 0.15) is 64.0 Å². The minimum atomic E-state index is -1.69. The van der Waals surface area contributed by atoms with Gasteiger partial charge in [0.25, 0.3) is 0 Å². The van der Waals surface area contributed by atoms with E-state index in [1.807, 2.05) is 0 Å². The van der Waals surface area contributed by atoms with E-state index in [0.717, 1.165) is 24.3 Å². The molecule has 1 aliphatic heterocycles. The summed E-state index contributed by atoms with van der Waals surface area (Å²) >= 11 is 0. The second kappa shape index (κ2) is 6.50. The third-order valence-corrected chi connectivity index (χ3v) is 6.30. The van der Waals surface area contributed by atoms with Crippen molar-refractivity contribution in [2.75, 3.05) is 0 Å². The Hall–Kier alpha value is -1.22. The Kier molecular flexibility index (Phi) is 4.82. The van der Waals surface area contributed by atoms with E-state index in [-0.39, 0.29) is 5.60 Å². The first kappa shape index (κ1) is 18.6. The Balaban J connectivity index is 2.17. The van der Waals surface area contributed by atoms with Crippen LogP contribution in [0, 0.1) is 5.92 Å². The molecule has 2 aliphatic rings. The Bertz CT molecular complexity index is 682. The first-order valence-corrected chi connectivity index (χ1v) is 13.2. The molecular weight excluding hydrogens is 324 g/mol. The van der Waals surface area contributed by atoms with Gasteiger partial charge in [-0.1, -0.05) is 25.0 Å². The van der Waals surface area contributed by atoms with E-state index in [0.29, 0.717) is 11.8 Å². The fourth-order valence-corrected chi connectivity index (χ4v) is 5.24. The molecule has 1 heterocycles. The first-order valence-electron chi connectivity index (χ1n) is 9.83.